The van der Waals surface area contributed by atoms with Gasteiger partial charge in [0.1, 0.15) is 11.9 Å². The molecule has 178 valence electrons. The number of hydrogen-bond acceptors (Lipinski definition) is 6. The third kappa shape index (κ3) is 6.30. The van der Waals surface area contributed by atoms with Gasteiger partial charge in [0.2, 0.25) is 0 Å². The summed E-state index contributed by atoms with van der Waals surface area (Å²) in [6, 6.07) is 5.73. The third-order valence-corrected chi connectivity index (χ3v) is 7.04. The minimum absolute atomic E-state index is 0.255. The maximum atomic E-state index is 11.7. The molecule has 3 N–H and O–H groups in total. The van der Waals surface area contributed by atoms with E-state index in [2.05, 4.69) is 27.8 Å². The highest BCUT2D eigenvalue weighted by molar-refractivity contribution is 5.73. The molecular weight excluding hydrogens is 416 g/mol. The van der Waals surface area contributed by atoms with Crippen LogP contribution in [0.3, 0.4) is 0 Å². The fraction of sp³-hybridized carbons (Fsp3) is 0.577. The number of ether oxygens (including phenoxy) is 1. The van der Waals surface area contributed by atoms with E-state index in [9.17, 15) is 9.90 Å². The SMILES string of the molecule is Cc1ccnc(C)c1CN[C@@H](CCOC1CC(CCc2ccc3c(n2)NCCC3)C1)C(=O)O. The number of carboxylic acids is 1. The number of carbonyl (C=O) groups is 1. The number of aliphatic carboxylic acids is 1. The van der Waals surface area contributed by atoms with Crippen molar-refractivity contribution in [2.45, 2.75) is 77.5 Å². The van der Waals surface area contributed by atoms with Gasteiger partial charge in [0.15, 0.2) is 0 Å². The first-order valence-corrected chi connectivity index (χ1v) is 12.2. The molecule has 3 heterocycles. The highest BCUT2D eigenvalue weighted by atomic mass is 16.5. The molecule has 0 unspecified atom stereocenters. The van der Waals surface area contributed by atoms with E-state index in [4.69, 9.17) is 9.72 Å². The zero-order valence-corrected chi connectivity index (χ0v) is 19.8. The van der Waals surface area contributed by atoms with Crippen molar-refractivity contribution in [1.29, 1.82) is 0 Å². The number of aromatic nitrogens is 2. The summed E-state index contributed by atoms with van der Waals surface area (Å²) in [6.45, 7) is 5.96. The summed E-state index contributed by atoms with van der Waals surface area (Å²) in [7, 11) is 0. The molecule has 7 nitrogen and oxygen atoms in total. The van der Waals surface area contributed by atoms with Crippen molar-refractivity contribution in [2.75, 3.05) is 18.5 Å². The van der Waals surface area contributed by atoms with Crippen molar-refractivity contribution >= 4 is 11.8 Å². The molecule has 7 heteroatoms. The van der Waals surface area contributed by atoms with Gasteiger partial charge >= 0.3 is 5.97 Å². The monoisotopic (exact) mass is 452 g/mol. The largest absolute Gasteiger partial charge is 0.480 e. The minimum Gasteiger partial charge on any atom is -0.480 e. The van der Waals surface area contributed by atoms with Gasteiger partial charge in [-0.2, -0.15) is 0 Å². The molecular formula is C26H36N4O3. The molecule has 0 aromatic carbocycles. The molecule has 1 fully saturated rings. The number of aryl methyl sites for hydroxylation is 4. The van der Waals surface area contributed by atoms with Gasteiger partial charge in [-0.25, -0.2) is 4.98 Å². The second-order valence-corrected chi connectivity index (χ2v) is 9.46. The number of pyridine rings is 2. The summed E-state index contributed by atoms with van der Waals surface area (Å²) in [5, 5.41) is 16.1. The van der Waals surface area contributed by atoms with Gasteiger partial charge < -0.3 is 20.5 Å². The van der Waals surface area contributed by atoms with E-state index >= 15 is 0 Å². The number of rotatable bonds is 11. The fourth-order valence-corrected chi connectivity index (χ4v) is 4.79. The molecule has 1 aliphatic carbocycles. The Hall–Kier alpha value is -2.51. The van der Waals surface area contributed by atoms with Crippen LogP contribution in [0.2, 0.25) is 0 Å². The van der Waals surface area contributed by atoms with E-state index in [0.717, 1.165) is 61.3 Å². The van der Waals surface area contributed by atoms with Crippen molar-refractivity contribution in [3.8, 4) is 0 Å². The molecule has 1 atom stereocenters. The van der Waals surface area contributed by atoms with Crippen LogP contribution in [0.1, 0.15) is 60.2 Å². The summed E-state index contributed by atoms with van der Waals surface area (Å²) in [5.41, 5.74) is 5.63. The maximum Gasteiger partial charge on any atom is 0.320 e. The van der Waals surface area contributed by atoms with Crippen molar-refractivity contribution < 1.29 is 14.6 Å². The molecule has 0 bridgehead atoms. The second-order valence-electron chi connectivity index (χ2n) is 9.46. The lowest BCUT2D eigenvalue weighted by molar-refractivity contribution is -0.140. The number of anilines is 1. The van der Waals surface area contributed by atoms with Crippen LogP contribution in [0.5, 0.6) is 0 Å². The Labute approximate surface area is 196 Å². The highest BCUT2D eigenvalue weighted by Crippen LogP contribution is 2.34. The van der Waals surface area contributed by atoms with Crippen molar-refractivity contribution in [3.63, 3.8) is 0 Å². The molecule has 0 radical (unpaired) electrons. The molecule has 0 saturated heterocycles. The van der Waals surface area contributed by atoms with Crippen LogP contribution in [-0.4, -0.2) is 46.3 Å². The second kappa shape index (κ2) is 11.1. The van der Waals surface area contributed by atoms with Crippen LogP contribution in [-0.2, 0) is 28.9 Å². The Morgan fingerprint density at radius 3 is 2.94 bits per heavy atom. The van der Waals surface area contributed by atoms with Crippen molar-refractivity contribution in [2.24, 2.45) is 5.92 Å². The molecule has 2 aromatic rings. The number of nitrogens with one attached hydrogen (secondary N) is 2. The van der Waals surface area contributed by atoms with E-state index in [1.54, 1.807) is 6.20 Å². The van der Waals surface area contributed by atoms with Crippen LogP contribution in [0.4, 0.5) is 5.82 Å². The molecule has 1 saturated carbocycles. The van der Waals surface area contributed by atoms with E-state index < -0.39 is 12.0 Å². The lowest BCUT2D eigenvalue weighted by atomic mass is 9.79. The fourth-order valence-electron chi connectivity index (χ4n) is 4.79. The van der Waals surface area contributed by atoms with Gasteiger partial charge in [-0.1, -0.05) is 6.07 Å². The summed E-state index contributed by atoms with van der Waals surface area (Å²) in [6.07, 6.45) is 9.06. The number of nitrogens with zero attached hydrogens (tertiary/aromatic N) is 2. The van der Waals surface area contributed by atoms with Crippen LogP contribution >= 0.6 is 0 Å². The molecule has 2 aromatic heterocycles. The number of hydrogen-bond donors (Lipinski definition) is 3. The van der Waals surface area contributed by atoms with Crippen LogP contribution in [0.15, 0.2) is 24.4 Å². The lowest BCUT2D eigenvalue weighted by Gasteiger charge is -2.35. The van der Waals surface area contributed by atoms with Gasteiger partial charge in [0.25, 0.3) is 0 Å². The first-order chi connectivity index (χ1) is 16.0. The van der Waals surface area contributed by atoms with Gasteiger partial charge in [0, 0.05) is 37.3 Å². The standard InChI is InChI=1S/C26H36N4O3/c1-17-9-12-27-18(2)23(17)16-29-24(26(31)32)10-13-33-22-14-19(15-22)5-7-21-8-6-20-4-3-11-28-25(20)30-21/h6,8-9,12,19,22,24,29H,3-5,7,10-11,13-16H2,1-2H3,(H,28,30)(H,31,32)/t19?,22?,24-/m0/s1. The Balaban J connectivity index is 1.14. The quantitative estimate of drug-likeness (QED) is 0.477. The average molecular weight is 453 g/mol. The normalized spacial score (nSPS) is 20.4. The first-order valence-electron chi connectivity index (χ1n) is 12.2. The smallest absolute Gasteiger partial charge is 0.320 e. The average Bonchev–Trinajstić information content (AvgIpc) is 2.77. The molecule has 0 amide bonds. The Kier molecular flexibility index (Phi) is 7.93. The zero-order chi connectivity index (χ0) is 23.2. The van der Waals surface area contributed by atoms with E-state index in [0.29, 0.717) is 25.5 Å². The van der Waals surface area contributed by atoms with Gasteiger partial charge in [-0.3, -0.25) is 9.78 Å². The molecule has 0 spiro atoms. The maximum absolute atomic E-state index is 11.7. The minimum atomic E-state index is -0.837. The van der Waals surface area contributed by atoms with Gasteiger partial charge in [0.05, 0.1) is 6.10 Å². The predicted octanol–water partition coefficient (Wildman–Crippen LogP) is 3.81. The van der Waals surface area contributed by atoms with Crippen LogP contribution < -0.4 is 10.6 Å². The summed E-state index contributed by atoms with van der Waals surface area (Å²) in [5.74, 6) is 0.908. The summed E-state index contributed by atoms with van der Waals surface area (Å²) < 4.78 is 5.97. The third-order valence-electron chi connectivity index (χ3n) is 7.04. The Bertz CT molecular complexity index is 938. The van der Waals surface area contributed by atoms with E-state index in [-0.39, 0.29) is 6.10 Å². The van der Waals surface area contributed by atoms with Crippen LogP contribution in [0.25, 0.3) is 0 Å². The predicted molar refractivity (Wildman–Crippen MR) is 128 cm³/mol. The lowest BCUT2D eigenvalue weighted by Crippen LogP contribution is -2.39. The molecule has 33 heavy (non-hydrogen) atoms. The molecule has 1 aliphatic heterocycles. The molecule has 2 aliphatic rings. The zero-order valence-electron chi connectivity index (χ0n) is 19.8. The van der Waals surface area contributed by atoms with Gasteiger partial charge in [-0.15, -0.1) is 0 Å². The van der Waals surface area contributed by atoms with E-state index in [1.165, 1.54) is 17.7 Å². The summed E-state index contributed by atoms with van der Waals surface area (Å²) >= 11 is 0. The first kappa shape index (κ1) is 23.6. The van der Waals surface area contributed by atoms with Gasteiger partial charge in [-0.05, 0) is 93.5 Å². The summed E-state index contributed by atoms with van der Waals surface area (Å²) in [4.78, 5) is 20.8. The number of fused-ring (bicyclic) bond motifs is 1. The molecule has 4 rings (SSSR count). The number of carboxylic acid groups (broad SMARTS) is 1. The Morgan fingerprint density at radius 2 is 2.15 bits per heavy atom. The highest BCUT2D eigenvalue weighted by Gasteiger charge is 2.30. The topological polar surface area (TPSA) is 96.4 Å². The van der Waals surface area contributed by atoms with Crippen molar-refractivity contribution in [3.05, 3.63) is 52.5 Å². The Morgan fingerprint density at radius 1 is 1.30 bits per heavy atom. The van der Waals surface area contributed by atoms with E-state index in [1.807, 2.05) is 19.9 Å². The van der Waals surface area contributed by atoms with Crippen molar-refractivity contribution in [1.82, 2.24) is 15.3 Å². The van der Waals surface area contributed by atoms with Crippen LogP contribution in [0, 0.1) is 19.8 Å².